The summed E-state index contributed by atoms with van der Waals surface area (Å²) >= 11 is 0. The van der Waals surface area contributed by atoms with Crippen LogP contribution in [0.5, 0.6) is 11.5 Å². The first-order valence-corrected chi connectivity index (χ1v) is 5.49. The van der Waals surface area contributed by atoms with E-state index in [0.717, 1.165) is 5.39 Å². The van der Waals surface area contributed by atoms with Gasteiger partial charge in [-0.15, -0.1) is 0 Å². The topological polar surface area (TPSA) is 71.8 Å². The van der Waals surface area contributed by atoms with E-state index < -0.39 is 0 Å². The third-order valence-corrected chi connectivity index (χ3v) is 2.81. The Kier molecular flexibility index (Phi) is 3.64. The molecule has 0 aliphatic rings. The third kappa shape index (κ3) is 2.10. The SMILES string of the molecule is COc1cc2cc(CO)c(CO)nc2cc1OC. The second-order valence-corrected chi connectivity index (χ2v) is 3.81. The molecule has 0 radical (unpaired) electrons. The molecule has 96 valence electrons. The smallest absolute Gasteiger partial charge is 0.162 e. The summed E-state index contributed by atoms with van der Waals surface area (Å²) in [5, 5.41) is 19.3. The van der Waals surface area contributed by atoms with Gasteiger partial charge in [0.1, 0.15) is 0 Å². The van der Waals surface area contributed by atoms with E-state index in [9.17, 15) is 10.2 Å². The molecule has 2 rings (SSSR count). The Labute approximate surface area is 105 Å². The van der Waals surface area contributed by atoms with E-state index in [-0.39, 0.29) is 13.2 Å². The zero-order chi connectivity index (χ0) is 13.1. The van der Waals surface area contributed by atoms with Gasteiger partial charge in [0.25, 0.3) is 0 Å². The Morgan fingerprint density at radius 1 is 1.00 bits per heavy atom. The van der Waals surface area contributed by atoms with Crippen LogP contribution in [0, 0.1) is 0 Å². The predicted octanol–water partition coefficient (Wildman–Crippen LogP) is 1.24. The first-order chi connectivity index (χ1) is 8.73. The van der Waals surface area contributed by atoms with Gasteiger partial charge in [0, 0.05) is 17.0 Å². The molecule has 0 aliphatic carbocycles. The predicted molar refractivity (Wildman–Crippen MR) is 66.7 cm³/mol. The largest absolute Gasteiger partial charge is 0.493 e. The minimum Gasteiger partial charge on any atom is -0.493 e. The number of benzene rings is 1. The molecule has 1 aromatic carbocycles. The van der Waals surface area contributed by atoms with E-state index in [1.54, 1.807) is 32.4 Å². The molecule has 0 fully saturated rings. The molecule has 0 aliphatic heterocycles. The molecule has 1 aromatic heterocycles. The number of rotatable bonds is 4. The number of aliphatic hydroxyl groups excluding tert-OH is 2. The molecule has 0 bridgehead atoms. The zero-order valence-corrected chi connectivity index (χ0v) is 10.3. The van der Waals surface area contributed by atoms with Crippen molar-refractivity contribution in [3.63, 3.8) is 0 Å². The molecule has 0 atom stereocenters. The normalized spacial score (nSPS) is 10.7. The fourth-order valence-corrected chi connectivity index (χ4v) is 1.86. The molecule has 0 spiro atoms. The highest BCUT2D eigenvalue weighted by atomic mass is 16.5. The standard InChI is InChI=1S/C13H15NO4/c1-17-12-4-8-3-9(6-15)11(7-16)14-10(8)5-13(12)18-2/h3-5,15-16H,6-7H2,1-2H3. The lowest BCUT2D eigenvalue weighted by Crippen LogP contribution is -1.99. The highest BCUT2D eigenvalue weighted by Gasteiger charge is 2.10. The third-order valence-electron chi connectivity index (χ3n) is 2.81. The summed E-state index contributed by atoms with van der Waals surface area (Å²) in [6.45, 7) is -0.368. The van der Waals surface area contributed by atoms with E-state index >= 15 is 0 Å². The molecule has 0 unspecified atom stereocenters. The van der Waals surface area contributed by atoms with Crippen molar-refractivity contribution >= 4 is 10.9 Å². The van der Waals surface area contributed by atoms with Crippen molar-refractivity contribution < 1.29 is 19.7 Å². The summed E-state index contributed by atoms with van der Waals surface area (Å²) in [7, 11) is 3.12. The lowest BCUT2D eigenvalue weighted by atomic mass is 10.1. The number of pyridine rings is 1. The Morgan fingerprint density at radius 2 is 1.67 bits per heavy atom. The lowest BCUT2D eigenvalue weighted by Gasteiger charge is -2.11. The highest BCUT2D eigenvalue weighted by molar-refractivity contribution is 5.83. The Balaban J connectivity index is 2.69. The molecular weight excluding hydrogens is 234 g/mol. The second-order valence-electron chi connectivity index (χ2n) is 3.81. The maximum Gasteiger partial charge on any atom is 0.162 e. The molecule has 0 saturated carbocycles. The second kappa shape index (κ2) is 5.20. The number of aliphatic hydroxyl groups is 2. The van der Waals surface area contributed by atoms with Gasteiger partial charge >= 0.3 is 0 Å². The Bertz CT molecular complexity index is 471. The molecule has 2 aromatic rings. The van der Waals surface area contributed by atoms with Crippen LogP contribution >= 0.6 is 0 Å². The van der Waals surface area contributed by atoms with E-state index in [0.29, 0.717) is 28.3 Å². The van der Waals surface area contributed by atoms with Crippen molar-refractivity contribution in [1.82, 2.24) is 4.98 Å². The van der Waals surface area contributed by atoms with Crippen LogP contribution in [0.3, 0.4) is 0 Å². The molecule has 5 heteroatoms. The summed E-state index contributed by atoms with van der Waals surface area (Å²) in [6.07, 6.45) is 0. The van der Waals surface area contributed by atoms with Gasteiger partial charge in [-0.2, -0.15) is 0 Å². The van der Waals surface area contributed by atoms with Crippen molar-refractivity contribution in [2.24, 2.45) is 0 Å². The van der Waals surface area contributed by atoms with Crippen LogP contribution in [-0.2, 0) is 13.2 Å². The van der Waals surface area contributed by atoms with E-state index in [1.807, 2.05) is 0 Å². The van der Waals surface area contributed by atoms with Crippen molar-refractivity contribution in [1.29, 1.82) is 0 Å². The van der Waals surface area contributed by atoms with Crippen molar-refractivity contribution in [3.8, 4) is 11.5 Å². The van der Waals surface area contributed by atoms with Crippen LogP contribution in [0.15, 0.2) is 18.2 Å². The minimum atomic E-state index is -0.208. The van der Waals surface area contributed by atoms with Gasteiger partial charge in [0.15, 0.2) is 11.5 Å². The van der Waals surface area contributed by atoms with Gasteiger partial charge in [-0.05, 0) is 12.1 Å². The van der Waals surface area contributed by atoms with Gasteiger partial charge < -0.3 is 19.7 Å². The van der Waals surface area contributed by atoms with Crippen LogP contribution in [-0.4, -0.2) is 29.4 Å². The van der Waals surface area contributed by atoms with Crippen LogP contribution < -0.4 is 9.47 Å². The number of nitrogens with zero attached hydrogens (tertiary/aromatic N) is 1. The van der Waals surface area contributed by atoms with Gasteiger partial charge in [-0.25, -0.2) is 4.98 Å². The van der Waals surface area contributed by atoms with Gasteiger partial charge in [-0.1, -0.05) is 0 Å². The molecule has 0 saturated heterocycles. The number of ether oxygens (including phenoxy) is 2. The summed E-state index contributed by atoms with van der Waals surface area (Å²) in [6, 6.07) is 5.33. The first kappa shape index (κ1) is 12.6. The first-order valence-electron chi connectivity index (χ1n) is 5.49. The quantitative estimate of drug-likeness (QED) is 0.853. The van der Waals surface area contributed by atoms with Crippen molar-refractivity contribution in [2.45, 2.75) is 13.2 Å². The number of methoxy groups -OCH3 is 2. The fourth-order valence-electron chi connectivity index (χ4n) is 1.86. The summed E-state index contributed by atoms with van der Waals surface area (Å²) in [4.78, 5) is 4.30. The monoisotopic (exact) mass is 249 g/mol. The fraction of sp³-hybridized carbons (Fsp3) is 0.308. The summed E-state index contributed by atoms with van der Waals surface area (Å²) in [5.74, 6) is 1.19. The maximum absolute atomic E-state index is 9.23. The molecule has 1 heterocycles. The van der Waals surface area contributed by atoms with Crippen LogP contribution in [0.1, 0.15) is 11.3 Å². The molecule has 18 heavy (non-hydrogen) atoms. The highest BCUT2D eigenvalue weighted by Crippen LogP contribution is 2.32. The molecule has 0 amide bonds. The van der Waals surface area contributed by atoms with E-state index in [4.69, 9.17) is 9.47 Å². The maximum atomic E-state index is 9.23. The number of fused-ring (bicyclic) bond motifs is 1. The molecule has 5 nitrogen and oxygen atoms in total. The minimum absolute atomic E-state index is 0.160. The van der Waals surface area contributed by atoms with Gasteiger partial charge in [-0.3, -0.25) is 0 Å². The van der Waals surface area contributed by atoms with E-state index in [2.05, 4.69) is 4.98 Å². The van der Waals surface area contributed by atoms with Crippen LogP contribution in [0.2, 0.25) is 0 Å². The van der Waals surface area contributed by atoms with Crippen molar-refractivity contribution in [2.75, 3.05) is 14.2 Å². The van der Waals surface area contributed by atoms with Crippen LogP contribution in [0.4, 0.5) is 0 Å². The lowest BCUT2D eigenvalue weighted by molar-refractivity contribution is 0.256. The number of hydrogen-bond acceptors (Lipinski definition) is 5. The van der Waals surface area contributed by atoms with Crippen LogP contribution in [0.25, 0.3) is 10.9 Å². The zero-order valence-electron chi connectivity index (χ0n) is 10.3. The number of hydrogen-bond donors (Lipinski definition) is 2. The average Bonchev–Trinajstić information content (AvgIpc) is 2.43. The summed E-state index contributed by atoms with van der Waals surface area (Å²) in [5.41, 5.74) is 1.77. The molecular formula is C13H15NO4. The van der Waals surface area contributed by atoms with Crippen molar-refractivity contribution in [3.05, 3.63) is 29.5 Å². The van der Waals surface area contributed by atoms with E-state index in [1.165, 1.54) is 0 Å². The molecule has 2 N–H and O–H groups in total. The Hall–Kier alpha value is -1.85. The number of aromatic nitrogens is 1. The van der Waals surface area contributed by atoms with Gasteiger partial charge in [0.05, 0.1) is 38.6 Å². The average molecular weight is 249 g/mol. The Morgan fingerprint density at radius 3 is 2.22 bits per heavy atom. The summed E-state index contributed by atoms with van der Waals surface area (Å²) < 4.78 is 10.4. The van der Waals surface area contributed by atoms with Gasteiger partial charge in [0.2, 0.25) is 0 Å².